The van der Waals surface area contributed by atoms with Crippen LogP contribution in [-0.2, 0) is 14.2 Å². The molecule has 9 N–H and O–H groups in total. The molecule has 10 rings (SSSR count). The Hall–Kier alpha value is -10.8. The highest BCUT2D eigenvalue weighted by molar-refractivity contribution is 6.31. The number of aromatic nitrogens is 3. The predicted octanol–water partition coefficient (Wildman–Crippen LogP) is 14.4. The van der Waals surface area contributed by atoms with E-state index < -0.39 is 35.1 Å². The number of carbonyl (C=O) groups is 8. The van der Waals surface area contributed by atoms with Gasteiger partial charge in [-0.25, -0.2) is 38.9 Å². The second-order valence-corrected chi connectivity index (χ2v) is 27.4. The quantitative estimate of drug-likeness (QED) is 0.0230. The summed E-state index contributed by atoms with van der Waals surface area (Å²) in [5, 5.41) is 47.6. The van der Waals surface area contributed by atoms with Gasteiger partial charge < -0.3 is 66.1 Å². The molecule has 562 valence electrons. The summed E-state index contributed by atoms with van der Waals surface area (Å²) in [5.74, 6) is -2.87. The molecule has 26 heteroatoms. The van der Waals surface area contributed by atoms with Crippen molar-refractivity contribution in [3.63, 3.8) is 0 Å². The van der Waals surface area contributed by atoms with Crippen LogP contribution >= 0.6 is 23.2 Å². The van der Waals surface area contributed by atoms with Crippen molar-refractivity contribution < 1.29 is 73.0 Å². The van der Waals surface area contributed by atoms with E-state index in [-0.39, 0.29) is 45.7 Å². The van der Waals surface area contributed by atoms with Crippen molar-refractivity contribution in [1.82, 2.24) is 15.0 Å². The number of aromatic carboxylic acids is 2. The molecule has 0 unspecified atom stereocenters. The van der Waals surface area contributed by atoms with E-state index in [0.717, 1.165) is 50.3 Å². The molecule has 8 aromatic rings. The highest BCUT2D eigenvalue weighted by Crippen LogP contribution is 2.32. The number of amides is 3. The lowest BCUT2D eigenvalue weighted by Crippen LogP contribution is -2.42. The van der Waals surface area contributed by atoms with Crippen molar-refractivity contribution in [2.45, 2.75) is 134 Å². The van der Waals surface area contributed by atoms with E-state index in [0.29, 0.717) is 136 Å². The first-order chi connectivity index (χ1) is 49.7. The second-order valence-electron chi connectivity index (χ2n) is 26.6. The molecular formula is C80H93Cl2N9O15. The number of carboxylic acids is 2. The molecule has 0 spiro atoms. The first-order valence-corrected chi connectivity index (χ1v) is 34.6. The molecule has 3 aromatic heterocycles. The molecule has 0 bridgehead atoms. The maximum Gasteiger partial charge on any atom is 0.338 e. The molecule has 5 heterocycles. The van der Waals surface area contributed by atoms with Crippen molar-refractivity contribution in [3.8, 4) is 0 Å². The number of nitrogens with zero attached hydrogens (tertiary/aromatic N) is 5. The van der Waals surface area contributed by atoms with Crippen LogP contribution in [0, 0.1) is 83.1 Å². The maximum absolute atomic E-state index is 13.1. The zero-order chi connectivity index (χ0) is 79.0. The standard InChI is InChI=1S/C23H29N3O4.C22H27N3O4.C17H17ClN2O3.C10H13NO2.C8H7ClO2/c1-14-6-8-17(22(28)30-5)16(3)19(14)25-21(27)20-15(2)7-9-18(24-20)26-12-10-23(4,29)11-13-26;1-13-5-7-16(21(27)28)15(3)18(13)24-20(26)19-14(2)6-8-17(23-19)25-11-9-22(4,29)10-12-25;1-9-5-7-12(17(22)23-4)11(3)14(9)20-16(21)15-10(2)6-8-13(18)19-15;1-6-4-5-8(10(12)13-3)7(2)9(6)11;1-5-2-3-6(9)4-7(5)8(10)11/h6-9,29H,10-13H2,1-5H3,(H,25,27);5-8,29H,9-12H2,1-4H3,(H,24,26)(H,27,28);5-8H,1-4H3,(H,20,21);4-5H,11H2,1-3H3;2-4H,1H3,(H,10,11). The SMILES string of the molecule is COC(=O)c1ccc(C)c(N)c1C.COC(=O)c1ccc(C)c(NC(=O)c2nc(Cl)ccc2C)c1C.COC(=O)c1ccc(C)c(NC(=O)c2nc(N3CCC(C)(O)CC3)ccc2C)c1C.Cc1ccc(Cl)cc1C(=O)O.Cc1ccc(N2CCC(C)(O)CC2)nc1C(=O)Nc1c(C)ccc(C(=O)O)c1C. The number of aryl methyl sites for hydroxylation is 8. The van der Waals surface area contributed by atoms with E-state index in [2.05, 4.69) is 45.4 Å². The second kappa shape index (κ2) is 36.8. The lowest BCUT2D eigenvalue weighted by molar-refractivity contribution is 0.0345. The van der Waals surface area contributed by atoms with Crippen molar-refractivity contribution in [3.05, 3.63) is 225 Å². The predicted molar refractivity (Wildman–Crippen MR) is 412 cm³/mol. The van der Waals surface area contributed by atoms with Crippen LogP contribution < -0.4 is 31.5 Å². The van der Waals surface area contributed by atoms with Gasteiger partial charge in [0.2, 0.25) is 0 Å². The molecule has 0 radical (unpaired) electrons. The number of carbonyl (C=O) groups excluding carboxylic acids is 6. The van der Waals surface area contributed by atoms with Crippen LogP contribution in [0.25, 0.3) is 0 Å². The Balaban J connectivity index is 0.000000217. The summed E-state index contributed by atoms with van der Waals surface area (Å²) in [5.41, 5.74) is 18.4. The monoisotopic (exact) mass is 1490 g/mol. The minimum absolute atomic E-state index is 0.157. The molecule has 106 heavy (non-hydrogen) atoms. The van der Waals surface area contributed by atoms with Crippen molar-refractivity contribution >= 4 is 105 Å². The first-order valence-electron chi connectivity index (χ1n) is 33.9. The lowest BCUT2D eigenvalue weighted by atomic mass is 9.94. The number of nitrogen functional groups attached to an aromatic ring is 1. The van der Waals surface area contributed by atoms with Gasteiger partial charge in [0.15, 0.2) is 0 Å². The van der Waals surface area contributed by atoms with Gasteiger partial charge in [0.25, 0.3) is 17.7 Å². The number of nitrogens with two attached hydrogens (primary N) is 1. The van der Waals surface area contributed by atoms with Gasteiger partial charge >= 0.3 is 29.8 Å². The van der Waals surface area contributed by atoms with Crippen LogP contribution in [0.3, 0.4) is 0 Å². The number of benzene rings is 5. The van der Waals surface area contributed by atoms with Gasteiger partial charge in [0.1, 0.15) is 33.9 Å². The van der Waals surface area contributed by atoms with E-state index >= 15 is 0 Å². The topological polar surface area (TPSA) is 352 Å². The molecule has 2 saturated heterocycles. The fraction of sp³-hybridized carbons (Fsp3) is 0.338. The van der Waals surface area contributed by atoms with Crippen LogP contribution in [-0.4, -0.2) is 142 Å². The van der Waals surface area contributed by atoms with E-state index in [1.165, 1.54) is 33.5 Å². The average molecular weight is 1490 g/mol. The molecule has 5 aromatic carbocycles. The minimum Gasteiger partial charge on any atom is -0.478 e. The highest BCUT2D eigenvalue weighted by atomic mass is 35.5. The van der Waals surface area contributed by atoms with Crippen LogP contribution in [0.2, 0.25) is 10.2 Å². The molecule has 24 nitrogen and oxygen atoms in total. The number of carboxylic acid groups (broad SMARTS) is 2. The van der Waals surface area contributed by atoms with Crippen LogP contribution in [0.1, 0.15) is 190 Å². The molecule has 2 aliphatic rings. The normalized spacial score (nSPS) is 13.2. The number of halogens is 2. The lowest BCUT2D eigenvalue weighted by Gasteiger charge is -2.36. The van der Waals surface area contributed by atoms with Gasteiger partial charge in [-0.3, -0.25) is 14.4 Å². The number of piperidine rings is 2. The largest absolute Gasteiger partial charge is 0.478 e. The number of hydrogen-bond donors (Lipinski definition) is 8. The number of anilines is 6. The zero-order valence-corrected chi connectivity index (χ0v) is 64.3. The van der Waals surface area contributed by atoms with Crippen molar-refractivity contribution in [2.24, 2.45) is 0 Å². The summed E-state index contributed by atoms with van der Waals surface area (Å²) in [6.45, 7) is 28.1. The summed E-state index contributed by atoms with van der Waals surface area (Å²) >= 11 is 11.5. The first kappa shape index (κ1) is 84.2. The van der Waals surface area contributed by atoms with Crippen molar-refractivity contribution in [2.75, 3.05) is 79.0 Å². The van der Waals surface area contributed by atoms with Gasteiger partial charge in [-0.15, -0.1) is 0 Å². The van der Waals surface area contributed by atoms with Gasteiger partial charge in [0.05, 0.1) is 60.3 Å². The van der Waals surface area contributed by atoms with Gasteiger partial charge in [-0.05, 0) is 244 Å². The van der Waals surface area contributed by atoms with E-state index in [9.17, 15) is 53.7 Å². The van der Waals surface area contributed by atoms with E-state index in [1.807, 2.05) is 92.6 Å². The maximum atomic E-state index is 13.1. The third-order valence-corrected chi connectivity index (χ3v) is 19.0. The van der Waals surface area contributed by atoms with Crippen LogP contribution in [0.4, 0.5) is 34.4 Å². The number of rotatable bonds is 13. The van der Waals surface area contributed by atoms with E-state index in [1.54, 1.807) is 95.3 Å². The fourth-order valence-corrected chi connectivity index (χ4v) is 11.9. The van der Waals surface area contributed by atoms with Crippen molar-refractivity contribution in [1.29, 1.82) is 0 Å². The molecule has 2 fully saturated rings. The molecular weight excluding hydrogens is 1400 g/mol. The minimum atomic E-state index is -1.03. The number of ether oxygens (including phenoxy) is 3. The number of hydrogen-bond acceptors (Lipinski definition) is 19. The molecule has 0 aliphatic carbocycles. The Morgan fingerprint density at radius 3 is 1.06 bits per heavy atom. The number of pyridine rings is 3. The number of nitrogens with one attached hydrogen (secondary N) is 3. The van der Waals surface area contributed by atoms with Gasteiger partial charge in [-0.2, -0.15) is 0 Å². The van der Waals surface area contributed by atoms with Crippen LogP contribution in [0.15, 0.2) is 103 Å². The summed E-state index contributed by atoms with van der Waals surface area (Å²) in [6.07, 6.45) is 2.60. The number of esters is 3. The molecule has 0 saturated carbocycles. The summed E-state index contributed by atoms with van der Waals surface area (Å²) in [6, 6.07) is 29.4. The summed E-state index contributed by atoms with van der Waals surface area (Å²) in [7, 11) is 4.01. The summed E-state index contributed by atoms with van der Waals surface area (Å²) in [4.78, 5) is 113. The number of aliphatic hydroxyl groups is 2. The van der Waals surface area contributed by atoms with Gasteiger partial charge in [0, 0.05) is 54.0 Å². The third-order valence-electron chi connectivity index (χ3n) is 18.5. The zero-order valence-electron chi connectivity index (χ0n) is 62.8. The Morgan fingerprint density at radius 2 is 0.708 bits per heavy atom. The Bertz CT molecular complexity index is 4650. The smallest absolute Gasteiger partial charge is 0.338 e. The summed E-state index contributed by atoms with van der Waals surface area (Å²) < 4.78 is 14.2. The third kappa shape index (κ3) is 21.7. The van der Waals surface area contributed by atoms with Gasteiger partial charge in [-0.1, -0.05) is 71.7 Å². The molecule has 0 atom stereocenters. The Morgan fingerprint density at radius 1 is 0.406 bits per heavy atom. The average Bonchev–Trinajstić information content (AvgIpc) is 0.815. The fourth-order valence-electron chi connectivity index (χ4n) is 11.6. The molecule has 2 aliphatic heterocycles. The Kier molecular flexibility index (Phi) is 29.2. The van der Waals surface area contributed by atoms with Crippen LogP contribution in [0.5, 0.6) is 0 Å². The van der Waals surface area contributed by atoms with E-state index in [4.69, 9.17) is 43.5 Å². The number of methoxy groups -OCH3 is 3. The highest BCUT2D eigenvalue weighted by Gasteiger charge is 2.31. The molecule has 3 amide bonds. The Labute approximate surface area is 627 Å².